The fourth-order valence-corrected chi connectivity index (χ4v) is 2.13. The van der Waals surface area contributed by atoms with Crippen LogP contribution in [0.3, 0.4) is 0 Å². The smallest absolute Gasteiger partial charge is 0.550 e. The van der Waals surface area contributed by atoms with E-state index in [0.29, 0.717) is 21.7 Å². The second kappa shape index (κ2) is 7.82. The minimum Gasteiger partial charge on any atom is -0.550 e. The molecule has 21 heavy (non-hydrogen) atoms. The van der Waals surface area contributed by atoms with Gasteiger partial charge in [-0.05, 0) is 23.3 Å². The Morgan fingerprint density at radius 1 is 1.24 bits per heavy atom. The van der Waals surface area contributed by atoms with Crippen molar-refractivity contribution in [3.05, 3.63) is 64.2 Å². The first kappa shape index (κ1) is 18.0. The van der Waals surface area contributed by atoms with Crippen LogP contribution in [-0.2, 0) is 11.2 Å². The van der Waals surface area contributed by atoms with E-state index in [9.17, 15) is 15.0 Å². The largest absolute Gasteiger partial charge is 1.00 e. The fraction of sp³-hybridized carbons (Fsp3) is 0.133. The first-order chi connectivity index (χ1) is 9.49. The Kier molecular flexibility index (Phi) is 6.71. The number of benzene rings is 2. The van der Waals surface area contributed by atoms with Gasteiger partial charge in [-0.3, -0.25) is 0 Å². The normalized spacial score (nSPS) is 11.5. The zero-order chi connectivity index (χ0) is 14.7. The number of nitrogens with two attached hydrogens (primary N) is 1. The minimum absolute atomic E-state index is 0. The van der Waals surface area contributed by atoms with Crippen molar-refractivity contribution in [1.29, 1.82) is 0 Å². The van der Waals surface area contributed by atoms with Crippen LogP contribution in [0, 0.1) is 0 Å². The van der Waals surface area contributed by atoms with Crippen LogP contribution < -0.4 is 40.4 Å². The number of hydrogen-bond acceptors (Lipinski definition) is 4. The summed E-state index contributed by atoms with van der Waals surface area (Å²) < 4.78 is 0. The number of aliphatic hydroxyl groups is 1. The van der Waals surface area contributed by atoms with Gasteiger partial charge in [-0.15, -0.1) is 0 Å². The molecule has 0 fully saturated rings. The summed E-state index contributed by atoms with van der Waals surface area (Å²) >= 11 is 5.80. The summed E-state index contributed by atoms with van der Waals surface area (Å²) in [5.74, 6) is -1.21. The maximum atomic E-state index is 10.7. The standard InChI is InChI=1S/C15H14ClNO3.Na/c16-11-6-4-9(5-7-11)15(20)12-3-1-2-10(14(12)17)8-13(18)19;/h1-7,15,20H,8,17H2,(H,18,19);/q;+1/p-1. The van der Waals surface area contributed by atoms with Crippen LogP contribution in [0.2, 0.25) is 5.02 Å². The van der Waals surface area contributed by atoms with Gasteiger partial charge in [0.1, 0.15) is 6.10 Å². The number of halogens is 1. The molecule has 0 aromatic heterocycles. The van der Waals surface area contributed by atoms with E-state index in [-0.39, 0.29) is 41.7 Å². The molecule has 0 aliphatic rings. The Hall–Kier alpha value is -1.04. The van der Waals surface area contributed by atoms with Crippen LogP contribution in [0.5, 0.6) is 0 Å². The molecule has 2 aromatic rings. The third-order valence-corrected chi connectivity index (χ3v) is 3.30. The van der Waals surface area contributed by atoms with Crippen molar-refractivity contribution in [2.75, 3.05) is 5.73 Å². The molecular weight excluding hydrogens is 301 g/mol. The zero-order valence-electron chi connectivity index (χ0n) is 11.5. The van der Waals surface area contributed by atoms with Gasteiger partial charge in [0.05, 0.1) is 0 Å². The minimum atomic E-state index is -1.21. The number of carboxylic acids is 1. The maximum absolute atomic E-state index is 10.7. The number of aliphatic carboxylic acids is 1. The molecule has 1 unspecified atom stereocenters. The van der Waals surface area contributed by atoms with Gasteiger partial charge in [0.15, 0.2) is 0 Å². The Morgan fingerprint density at radius 3 is 2.43 bits per heavy atom. The van der Waals surface area contributed by atoms with Gasteiger partial charge >= 0.3 is 29.6 Å². The van der Waals surface area contributed by atoms with Gasteiger partial charge in [-0.2, -0.15) is 0 Å². The monoisotopic (exact) mass is 313 g/mol. The molecule has 0 saturated heterocycles. The molecule has 0 saturated carbocycles. The predicted molar refractivity (Wildman–Crippen MR) is 75.1 cm³/mol. The molecule has 3 N–H and O–H groups in total. The van der Waals surface area contributed by atoms with Crippen LogP contribution in [-0.4, -0.2) is 11.1 Å². The van der Waals surface area contributed by atoms with Crippen molar-refractivity contribution in [3.8, 4) is 0 Å². The summed E-state index contributed by atoms with van der Waals surface area (Å²) in [6.45, 7) is 0. The number of nitrogen functional groups attached to an aromatic ring is 1. The van der Waals surface area contributed by atoms with E-state index >= 15 is 0 Å². The quantitative estimate of drug-likeness (QED) is 0.520. The van der Waals surface area contributed by atoms with E-state index in [0.717, 1.165) is 0 Å². The number of carbonyl (C=O) groups is 1. The van der Waals surface area contributed by atoms with Crippen molar-refractivity contribution >= 4 is 23.3 Å². The Bertz CT molecular complexity index is 631. The third kappa shape index (κ3) is 4.46. The molecule has 1 atom stereocenters. The average molecular weight is 314 g/mol. The predicted octanol–water partition coefficient (Wildman–Crippen LogP) is -1.70. The van der Waals surface area contributed by atoms with Gasteiger partial charge in [-0.1, -0.05) is 41.9 Å². The van der Waals surface area contributed by atoms with Crippen molar-refractivity contribution in [2.45, 2.75) is 12.5 Å². The Balaban J connectivity index is 0.00000220. The van der Waals surface area contributed by atoms with Gasteiger partial charge in [0, 0.05) is 28.7 Å². The average Bonchev–Trinajstić information content (AvgIpc) is 2.41. The molecule has 0 amide bonds. The fourth-order valence-electron chi connectivity index (χ4n) is 2.01. The van der Waals surface area contributed by atoms with Crippen LogP contribution in [0.15, 0.2) is 42.5 Å². The number of rotatable bonds is 4. The second-order valence-electron chi connectivity index (χ2n) is 4.42. The van der Waals surface area contributed by atoms with E-state index in [2.05, 4.69) is 0 Å². The molecule has 0 bridgehead atoms. The van der Waals surface area contributed by atoms with Crippen molar-refractivity contribution in [2.24, 2.45) is 0 Å². The molecule has 4 nitrogen and oxygen atoms in total. The maximum Gasteiger partial charge on any atom is 1.00 e. The number of para-hydroxylation sites is 1. The van der Waals surface area contributed by atoms with E-state index in [4.69, 9.17) is 17.3 Å². The molecule has 0 radical (unpaired) electrons. The van der Waals surface area contributed by atoms with E-state index in [1.807, 2.05) is 0 Å². The van der Waals surface area contributed by atoms with E-state index < -0.39 is 12.1 Å². The molecular formula is C15H13ClNNaO3. The number of carboxylic acid groups (broad SMARTS) is 1. The topological polar surface area (TPSA) is 86.4 Å². The Morgan fingerprint density at radius 2 is 1.86 bits per heavy atom. The molecule has 2 rings (SSSR count). The number of aliphatic hydroxyl groups excluding tert-OH is 1. The second-order valence-corrected chi connectivity index (χ2v) is 4.86. The van der Waals surface area contributed by atoms with Crippen LogP contribution in [0.1, 0.15) is 22.8 Å². The van der Waals surface area contributed by atoms with Crippen molar-refractivity contribution in [3.63, 3.8) is 0 Å². The molecule has 104 valence electrons. The molecule has 0 spiro atoms. The Labute approximate surface area is 149 Å². The van der Waals surface area contributed by atoms with Crippen LogP contribution >= 0.6 is 11.6 Å². The van der Waals surface area contributed by atoms with E-state index in [1.165, 1.54) is 0 Å². The summed E-state index contributed by atoms with van der Waals surface area (Å²) in [6.07, 6.45) is -1.22. The number of anilines is 1. The summed E-state index contributed by atoms with van der Waals surface area (Å²) in [7, 11) is 0. The SMILES string of the molecule is Nc1c(CC(=O)[O-])cccc1C(O)c1ccc(Cl)cc1.[Na+]. The summed E-state index contributed by atoms with van der Waals surface area (Å²) in [4.78, 5) is 10.7. The van der Waals surface area contributed by atoms with Crippen molar-refractivity contribution < 1.29 is 44.6 Å². The number of hydrogen-bond donors (Lipinski definition) is 2. The van der Waals surface area contributed by atoms with Crippen LogP contribution in [0.4, 0.5) is 5.69 Å². The third-order valence-electron chi connectivity index (χ3n) is 3.05. The van der Waals surface area contributed by atoms with Crippen LogP contribution in [0.25, 0.3) is 0 Å². The van der Waals surface area contributed by atoms with E-state index in [1.54, 1.807) is 42.5 Å². The summed E-state index contributed by atoms with van der Waals surface area (Å²) in [5, 5.41) is 21.6. The molecule has 0 heterocycles. The van der Waals surface area contributed by atoms with Gasteiger partial charge in [0.2, 0.25) is 0 Å². The number of carbonyl (C=O) groups excluding carboxylic acids is 1. The molecule has 0 aliphatic carbocycles. The zero-order valence-corrected chi connectivity index (χ0v) is 14.3. The van der Waals surface area contributed by atoms with Gasteiger partial charge in [-0.25, -0.2) is 0 Å². The van der Waals surface area contributed by atoms with Gasteiger partial charge < -0.3 is 20.7 Å². The summed E-state index contributed by atoms with van der Waals surface area (Å²) in [5.41, 5.74) is 7.71. The first-order valence-corrected chi connectivity index (χ1v) is 6.37. The molecule has 6 heteroatoms. The summed E-state index contributed by atoms with van der Waals surface area (Å²) in [6, 6.07) is 11.6. The molecule has 2 aromatic carbocycles. The first-order valence-electron chi connectivity index (χ1n) is 5.99. The van der Waals surface area contributed by atoms with Gasteiger partial charge in [0.25, 0.3) is 0 Å². The molecule has 0 aliphatic heterocycles. The van der Waals surface area contributed by atoms with Crippen molar-refractivity contribution in [1.82, 2.24) is 0 Å².